The van der Waals surface area contributed by atoms with E-state index < -0.39 is 5.92 Å². The van der Waals surface area contributed by atoms with E-state index in [-0.39, 0.29) is 5.78 Å². The summed E-state index contributed by atoms with van der Waals surface area (Å²) in [5.41, 5.74) is 12.7. The number of rotatable bonds is 2. The number of hydrogen-bond donors (Lipinski definition) is 1. The summed E-state index contributed by atoms with van der Waals surface area (Å²) in [4.78, 5) is 15.3. The standard InChI is InChI=1S/C29H23BrN4O/c1-33-23-9-3-2-8-20(23)21-13-12-17(14-25(21)33)27-22(16-31)29(32)34(19-7-4-6-18(30)15-19)24-10-5-11-26(35)28(24)27/h2-4,6-9,12-15,27H,5,10-11,32H2,1H3/t27-/m0/s1. The molecule has 0 unspecified atom stereocenters. The number of Topliss-reactive ketones (excluding diaryl/α,β-unsaturated/α-hetero) is 1. The lowest BCUT2D eigenvalue weighted by Gasteiger charge is -2.39. The van der Waals surface area contributed by atoms with Crippen molar-refractivity contribution in [2.75, 3.05) is 4.90 Å². The summed E-state index contributed by atoms with van der Waals surface area (Å²) >= 11 is 3.54. The Kier molecular flexibility index (Phi) is 5.05. The number of halogens is 1. The van der Waals surface area contributed by atoms with E-state index in [4.69, 9.17) is 5.73 Å². The number of allylic oxidation sites excluding steroid dienone is 3. The first-order valence-corrected chi connectivity index (χ1v) is 12.5. The maximum absolute atomic E-state index is 13.4. The number of ketones is 1. The summed E-state index contributed by atoms with van der Waals surface area (Å²) in [7, 11) is 2.05. The Balaban J connectivity index is 1.60. The Bertz CT molecular complexity index is 1650. The molecule has 2 aliphatic rings. The highest BCUT2D eigenvalue weighted by Crippen LogP contribution is 2.47. The van der Waals surface area contributed by atoms with Crippen molar-refractivity contribution in [2.45, 2.75) is 25.2 Å². The number of nitrogens with two attached hydrogens (primary N) is 1. The van der Waals surface area contributed by atoms with E-state index in [1.165, 1.54) is 5.39 Å². The molecule has 0 amide bonds. The molecule has 6 heteroatoms. The number of hydrogen-bond acceptors (Lipinski definition) is 4. The van der Waals surface area contributed by atoms with Crippen LogP contribution in [-0.4, -0.2) is 10.4 Å². The number of carbonyl (C=O) groups excluding carboxylic acids is 1. The molecule has 0 spiro atoms. The first-order chi connectivity index (χ1) is 17.0. The summed E-state index contributed by atoms with van der Waals surface area (Å²) in [5, 5.41) is 12.6. The molecule has 0 fully saturated rings. The second kappa shape index (κ2) is 8.14. The summed E-state index contributed by atoms with van der Waals surface area (Å²) in [6, 6.07) is 24.7. The molecule has 0 bridgehead atoms. The van der Waals surface area contributed by atoms with Crippen LogP contribution in [0.1, 0.15) is 30.7 Å². The lowest BCUT2D eigenvalue weighted by atomic mass is 9.75. The van der Waals surface area contributed by atoms with Crippen LogP contribution in [0.2, 0.25) is 0 Å². The average Bonchev–Trinajstić information content (AvgIpc) is 3.15. The van der Waals surface area contributed by atoms with Crippen molar-refractivity contribution in [3.05, 3.63) is 99.4 Å². The maximum Gasteiger partial charge on any atom is 0.161 e. The van der Waals surface area contributed by atoms with E-state index >= 15 is 0 Å². The van der Waals surface area contributed by atoms with Gasteiger partial charge in [-0.1, -0.05) is 52.3 Å². The molecule has 0 radical (unpaired) electrons. The van der Waals surface area contributed by atoms with E-state index in [9.17, 15) is 10.1 Å². The minimum Gasteiger partial charge on any atom is -0.384 e. The first-order valence-electron chi connectivity index (χ1n) is 11.7. The predicted molar refractivity (Wildman–Crippen MR) is 142 cm³/mol. The molecule has 4 aromatic rings. The van der Waals surface area contributed by atoms with Crippen molar-refractivity contribution >= 4 is 49.2 Å². The smallest absolute Gasteiger partial charge is 0.161 e. The van der Waals surface area contributed by atoms with Crippen molar-refractivity contribution in [3.8, 4) is 6.07 Å². The molecule has 0 saturated carbocycles. The van der Waals surface area contributed by atoms with Gasteiger partial charge in [0.25, 0.3) is 0 Å². The van der Waals surface area contributed by atoms with Gasteiger partial charge in [-0.05, 0) is 48.7 Å². The molecule has 35 heavy (non-hydrogen) atoms. The SMILES string of the molecule is Cn1c2ccccc2c2ccc([C@H]3C(C#N)=C(N)N(c4cccc(Br)c4)C4=C3C(=O)CCC4)cc21. The van der Waals surface area contributed by atoms with Crippen LogP contribution in [0.15, 0.2) is 93.9 Å². The third kappa shape index (κ3) is 3.23. The molecule has 1 aliphatic heterocycles. The van der Waals surface area contributed by atoms with Crippen molar-refractivity contribution < 1.29 is 4.79 Å². The van der Waals surface area contributed by atoms with Crippen LogP contribution in [0.4, 0.5) is 5.69 Å². The molecule has 6 rings (SSSR count). The Morgan fingerprint density at radius 1 is 1.00 bits per heavy atom. The number of anilines is 1. The molecule has 3 aromatic carbocycles. The summed E-state index contributed by atoms with van der Waals surface area (Å²) in [6.45, 7) is 0. The van der Waals surface area contributed by atoms with Gasteiger partial charge in [0.1, 0.15) is 5.82 Å². The van der Waals surface area contributed by atoms with Gasteiger partial charge in [-0.3, -0.25) is 9.69 Å². The van der Waals surface area contributed by atoms with E-state index in [2.05, 4.69) is 57.9 Å². The molecule has 2 N–H and O–H groups in total. The Hall–Kier alpha value is -3.82. The zero-order valence-electron chi connectivity index (χ0n) is 19.3. The minimum absolute atomic E-state index is 0.0913. The topological polar surface area (TPSA) is 75.0 Å². The van der Waals surface area contributed by atoms with E-state index in [0.717, 1.165) is 50.7 Å². The van der Waals surface area contributed by atoms with Gasteiger partial charge < -0.3 is 10.3 Å². The number of nitriles is 1. The van der Waals surface area contributed by atoms with Crippen LogP contribution < -0.4 is 10.6 Å². The van der Waals surface area contributed by atoms with Crippen LogP contribution in [0.25, 0.3) is 21.8 Å². The summed E-state index contributed by atoms with van der Waals surface area (Å²) in [6.07, 6.45) is 1.99. The lowest BCUT2D eigenvalue weighted by Crippen LogP contribution is -2.38. The first kappa shape index (κ1) is 21.7. The van der Waals surface area contributed by atoms with E-state index in [1.54, 1.807) is 0 Å². The van der Waals surface area contributed by atoms with Gasteiger partial charge in [0.05, 0.1) is 17.6 Å². The molecule has 1 aliphatic carbocycles. The molecule has 2 heterocycles. The zero-order valence-corrected chi connectivity index (χ0v) is 20.8. The summed E-state index contributed by atoms with van der Waals surface area (Å²) < 4.78 is 3.08. The molecular formula is C29H23BrN4O. The monoisotopic (exact) mass is 522 g/mol. The fourth-order valence-corrected chi connectivity index (χ4v) is 6.07. The van der Waals surface area contributed by atoms with Gasteiger partial charge in [-0.15, -0.1) is 0 Å². The molecule has 172 valence electrons. The van der Waals surface area contributed by atoms with E-state index in [0.29, 0.717) is 23.4 Å². The number of nitrogens with zero attached hydrogens (tertiary/aromatic N) is 3. The van der Waals surface area contributed by atoms with Gasteiger partial charge in [0, 0.05) is 56.7 Å². The highest BCUT2D eigenvalue weighted by molar-refractivity contribution is 9.10. The lowest BCUT2D eigenvalue weighted by molar-refractivity contribution is -0.116. The van der Waals surface area contributed by atoms with E-state index in [1.807, 2.05) is 47.4 Å². The van der Waals surface area contributed by atoms with Crippen LogP contribution in [-0.2, 0) is 11.8 Å². The minimum atomic E-state index is -0.478. The van der Waals surface area contributed by atoms with Gasteiger partial charge in [-0.2, -0.15) is 5.26 Å². The highest BCUT2D eigenvalue weighted by Gasteiger charge is 2.40. The molecule has 1 atom stereocenters. The van der Waals surface area contributed by atoms with Crippen LogP contribution in [0.5, 0.6) is 0 Å². The van der Waals surface area contributed by atoms with Crippen LogP contribution in [0, 0.1) is 11.3 Å². The van der Waals surface area contributed by atoms with Gasteiger partial charge in [-0.25, -0.2) is 0 Å². The second-order valence-corrected chi connectivity index (χ2v) is 10.1. The van der Waals surface area contributed by atoms with Gasteiger partial charge in [0.2, 0.25) is 0 Å². The number of aryl methyl sites for hydroxylation is 1. The number of aromatic nitrogens is 1. The molecule has 1 aromatic heterocycles. The van der Waals surface area contributed by atoms with Crippen molar-refractivity contribution in [1.29, 1.82) is 5.26 Å². The normalized spacial score (nSPS) is 18.4. The van der Waals surface area contributed by atoms with Gasteiger partial charge in [0.15, 0.2) is 5.78 Å². The number of carbonyl (C=O) groups is 1. The molecule has 0 saturated heterocycles. The van der Waals surface area contributed by atoms with Gasteiger partial charge >= 0.3 is 0 Å². The number of benzene rings is 3. The Morgan fingerprint density at radius 2 is 1.80 bits per heavy atom. The Labute approximate surface area is 211 Å². The quantitative estimate of drug-likeness (QED) is 0.330. The fraction of sp³-hybridized carbons (Fsp3) is 0.172. The summed E-state index contributed by atoms with van der Waals surface area (Å²) in [5.74, 6) is 0.00319. The third-order valence-corrected chi connectivity index (χ3v) is 7.75. The number of para-hydroxylation sites is 1. The van der Waals surface area contributed by atoms with Crippen molar-refractivity contribution in [1.82, 2.24) is 4.57 Å². The van der Waals surface area contributed by atoms with Crippen molar-refractivity contribution in [3.63, 3.8) is 0 Å². The second-order valence-electron chi connectivity index (χ2n) is 9.15. The maximum atomic E-state index is 13.4. The number of fused-ring (bicyclic) bond motifs is 3. The highest BCUT2D eigenvalue weighted by atomic mass is 79.9. The molecular weight excluding hydrogens is 500 g/mol. The fourth-order valence-electron chi connectivity index (χ4n) is 5.69. The average molecular weight is 523 g/mol. The largest absolute Gasteiger partial charge is 0.384 e. The van der Waals surface area contributed by atoms with Crippen LogP contribution >= 0.6 is 15.9 Å². The zero-order chi connectivity index (χ0) is 24.3. The van der Waals surface area contributed by atoms with Crippen molar-refractivity contribution in [2.24, 2.45) is 12.8 Å². The molecule has 5 nitrogen and oxygen atoms in total. The predicted octanol–water partition coefficient (Wildman–Crippen LogP) is 6.40. The van der Waals surface area contributed by atoms with Crippen LogP contribution in [0.3, 0.4) is 0 Å². The Morgan fingerprint density at radius 3 is 2.60 bits per heavy atom. The third-order valence-electron chi connectivity index (χ3n) is 7.25.